The Labute approximate surface area is 110 Å². The van der Waals surface area contributed by atoms with Crippen LogP contribution in [0.25, 0.3) is 0 Å². The quantitative estimate of drug-likeness (QED) is 0.672. The van der Waals surface area contributed by atoms with Crippen LogP contribution >= 0.6 is 0 Å². The monoisotopic (exact) mass is 268 g/mol. The SMILES string of the molecule is COC(=O)OC1C(C)=CC(=O)N1C1=NOC(C)(C)C1. The molecule has 0 aromatic heterocycles. The third-order valence-electron chi connectivity index (χ3n) is 2.85. The second-order valence-electron chi connectivity index (χ2n) is 5.06. The average molecular weight is 268 g/mol. The lowest BCUT2D eigenvalue weighted by Gasteiger charge is -2.25. The molecular formula is C12H16N2O5. The van der Waals surface area contributed by atoms with Gasteiger partial charge in [0, 0.05) is 6.08 Å². The van der Waals surface area contributed by atoms with Gasteiger partial charge in [0.25, 0.3) is 5.91 Å². The standard InChI is InChI=1S/C12H16N2O5/c1-7-5-9(15)14(10(7)18-11(16)17-4)8-6-12(2,3)19-13-8/h5,10H,6H2,1-4H3. The molecule has 0 aliphatic carbocycles. The number of oxime groups is 1. The van der Waals surface area contributed by atoms with Crippen LogP contribution in [0.5, 0.6) is 0 Å². The van der Waals surface area contributed by atoms with Crippen LogP contribution < -0.4 is 0 Å². The van der Waals surface area contributed by atoms with Crippen LogP contribution in [0, 0.1) is 0 Å². The molecule has 0 aromatic carbocycles. The van der Waals surface area contributed by atoms with E-state index in [2.05, 4.69) is 9.89 Å². The van der Waals surface area contributed by atoms with Crippen molar-refractivity contribution in [2.75, 3.05) is 7.11 Å². The largest absolute Gasteiger partial charge is 0.510 e. The molecule has 2 heterocycles. The lowest BCUT2D eigenvalue weighted by atomic mass is 10.1. The Hall–Kier alpha value is -2.05. The highest BCUT2D eigenvalue weighted by atomic mass is 16.7. The number of hydrogen-bond acceptors (Lipinski definition) is 6. The van der Waals surface area contributed by atoms with Gasteiger partial charge in [0.1, 0.15) is 5.60 Å². The first kappa shape index (κ1) is 13.4. The Bertz CT molecular complexity index is 481. The Kier molecular flexibility index (Phi) is 3.21. The molecule has 7 nitrogen and oxygen atoms in total. The summed E-state index contributed by atoms with van der Waals surface area (Å²) in [6, 6.07) is 0. The molecule has 19 heavy (non-hydrogen) atoms. The van der Waals surface area contributed by atoms with Crippen LogP contribution in [0.15, 0.2) is 16.8 Å². The minimum atomic E-state index is -0.851. The van der Waals surface area contributed by atoms with Crippen molar-refractivity contribution in [2.24, 2.45) is 5.16 Å². The van der Waals surface area contributed by atoms with Gasteiger partial charge in [-0.3, -0.25) is 9.69 Å². The molecular weight excluding hydrogens is 252 g/mol. The van der Waals surface area contributed by atoms with Gasteiger partial charge < -0.3 is 14.3 Å². The molecule has 2 aliphatic heterocycles. The number of ether oxygens (including phenoxy) is 2. The average Bonchev–Trinajstić information content (AvgIpc) is 2.79. The first-order valence-electron chi connectivity index (χ1n) is 5.85. The predicted octanol–water partition coefficient (Wildman–Crippen LogP) is 1.40. The predicted molar refractivity (Wildman–Crippen MR) is 65.1 cm³/mol. The molecule has 0 fully saturated rings. The van der Waals surface area contributed by atoms with E-state index in [1.54, 1.807) is 6.92 Å². The molecule has 2 aliphatic rings. The summed E-state index contributed by atoms with van der Waals surface area (Å²) in [4.78, 5) is 29.7. The van der Waals surface area contributed by atoms with Crippen LogP contribution in [0.2, 0.25) is 0 Å². The molecule has 0 radical (unpaired) electrons. The molecule has 0 aromatic rings. The lowest BCUT2D eigenvalue weighted by Crippen LogP contribution is -2.43. The zero-order chi connectivity index (χ0) is 14.2. The van der Waals surface area contributed by atoms with E-state index in [1.165, 1.54) is 18.1 Å². The first-order valence-corrected chi connectivity index (χ1v) is 5.85. The van der Waals surface area contributed by atoms with Crippen LogP contribution in [0.1, 0.15) is 27.2 Å². The zero-order valence-electron chi connectivity index (χ0n) is 11.3. The number of carbonyl (C=O) groups excluding carboxylic acids is 2. The Morgan fingerprint density at radius 2 is 2.26 bits per heavy atom. The molecule has 2 rings (SSSR count). The maximum atomic E-state index is 11.9. The van der Waals surface area contributed by atoms with E-state index >= 15 is 0 Å². The number of methoxy groups -OCH3 is 1. The van der Waals surface area contributed by atoms with Crippen LogP contribution in [-0.4, -0.2) is 41.7 Å². The van der Waals surface area contributed by atoms with Gasteiger partial charge in [-0.1, -0.05) is 5.16 Å². The molecule has 0 saturated carbocycles. The van der Waals surface area contributed by atoms with E-state index in [0.29, 0.717) is 17.8 Å². The summed E-state index contributed by atoms with van der Waals surface area (Å²) in [6.07, 6.45) is 0.190. The topological polar surface area (TPSA) is 77.4 Å². The highest BCUT2D eigenvalue weighted by molar-refractivity contribution is 6.06. The number of rotatable bonds is 1. The van der Waals surface area contributed by atoms with E-state index in [-0.39, 0.29) is 5.91 Å². The summed E-state index contributed by atoms with van der Waals surface area (Å²) in [5, 5.41) is 3.89. The van der Waals surface area contributed by atoms with Gasteiger partial charge in [0.15, 0.2) is 5.84 Å². The van der Waals surface area contributed by atoms with Crippen molar-refractivity contribution in [1.29, 1.82) is 0 Å². The maximum absolute atomic E-state index is 11.9. The second kappa shape index (κ2) is 4.56. The summed E-state index contributed by atoms with van der Waals surface area (Å²) >= 11 is 0. The molecule has 1 unspecified atom stereocenters. The first-order chi connectivity index (χ1) is 8.84. The third kappa shape index (κ3) is 2.54. The number of nitrogens with zero attached hydrogens (tertiary/aromatic N) is 2. The highest BCUT2D eigenvalue weighted by Crippen LogP contribution is 2.29. The van der Waals surface area contributed by atoms with Crippen molar-refractivity contribution in [2.45, 2.75) is 39.0 Å². The van der Waals surface area contributed by atoms with Crippen molar-refractivity contribution in [3.63, 3.8) is 0 Å². The molecule has 0 saturated heterocycles. The Morgan fingerprint density at radius 1 is 1.58 bits per heavy atom. The van der Waals surface area contributed by atoms with E-state index in [9.17, 15) is 9.59 Å². The van der Waals surface area contributed by atoms with E-state index < -0.39 is 18.0 Å². The molecule has 1 amide bonds. The summed E-state index contributed by atoms with van der Waals surface area (Å²) < 4.78 is 9.53. The van der Waals surface area contributed by atoms with E-state index in [4.69, 9.17) is 9.57 Å². The number of amidine groups is 1. The highest BCUT2D eigenvalue weighted by Gasteiger charge is 2.42. The Morgan fingerprint density at radius 3 is 2.79 bits per heavy atom. The second-order valence-corrected chi connectivity index (χ2v) is 5.06. The molecule has 0 N–H and O–H groups in total. The fraction of sp³-hybridized carbons (Fsp3) is 0.583. The summed E-state index contributed by atoms with van der Waals surface area (Å²) in [5.41, 5.74) is 0.143. The molecule has 1 atom stereocenters. The number of hydrogen-bond donors (Lipinski definition) is 0. The minimum Gasteiger partial charge on any atom is -0.438 e. The maximum Gasteiger partial charge on any atom is 0.510 e. The number of carbonyl (C=O) groups is 2. The van der Waals surface area contributed by atoms with Gasteiger partial charge in [0.05, 0.1) is 13.5 Å². The van der Waals surface area contributed by atoms with Crippen molar-refractivity contribution in [3.05, 3.63) is 11.6 Å². The van der Waals surface area contributed by atoms with Crippen molar-refractivity contribution in [3.8, 4) is 0 Å². The third-order valence-corrected chi connectivity index (χ3v) is 2.85. The van der Waals surface area contributed by atoms with Gasteiger partial charge in [-0.2, -0.15) is 0 Å². The normalized spacial score (nSPS) is 24.7. The fourth-order valence-corrected chi connectivity index (χ4v) is 1.95. The molecule has 7 heteroatoms. The molecule has 104 valence electrons. The van der Waals surface area contributed by atoms with Gasteiger partial charge in [-0.25, -0.2) is 4.79 Å². The molecule has 0 bridgehead atoms. The summed E-state index contributed by atoms with van der Waals surface area (Å²) in [7, 11) is 1.21. The number of amides is 1. The van der Waals surface area contributed by atoms with Gasteiger partial charge >= 0.3 is 6.16 Å². The van der Waals surface area contributed by atoms with Crippen LogP contribution in [0.3, 0.4) is 0 Å². The van der Waals surface area contributed by atoms with Gasteiger partial charge in [-0.15, -0.1) is 0 Å². The Balaban J connectivity index is 2.19. The minimum absolute atomic E-state index is 0.286. The van der Waals surface area contributed by atoms with E-state index in [1.807, 2.05) is 13.8 Å². The van der Waals surface area contributed by atoms with Crippen molar-refractivity contribution >= 4 is 17.9 Å². The van der Waals surface area contributed by atoms with Crippen LogP contribution in [0.4, 0.5) is 4.79 Å². The summed E-state index contributed by atoms with van der Waals surface area (Å²) in [5.74, 6) is 0.156. The van der Waals surface area contributed by atoms with Crippen molar-refractivity contribution in [1.82, 2.24) is 4.90 Å². The zero-order valence-corrected chi connectivity index (χ0v) is 11.3. The molecule has 0 spiro atoms. The van der Waals surface area contributed by atoms with Gasteiger partial charge in [0.2, 0.25) is 6.23 Å². The van der Waals surface area contributed by atoms with Crippen molar-refractivity contribution < 1.29 is 23.9 Å². The summed E-state index contributed by atoms with van der Waals surface area (Å²) in [6.45, 7) is 5.42. The van der Waals surface area contributed by atoms with E-state index in [0.717, 1.165) is 0 Å². The van der Waals surface area contributed by atoms with Gasteiger partial charge in [-0.05, 0) is 26.3 Å². The smallest absolute Gasteiger partial charge is 0.438 e. The lowest BCUT2D eigenvalue weighted by molar-refractivity contribution is -0.126. The fourth-order valence-electron chi connectivity index (χ4n) is 1.95. The van der Waals surface area contributed by atoms with Crippen LogP contribution in [-0.2, 0) is 19.1 Å².